The number of imidazole rings is 1. The molecular weight excluding hydrogens is 286 g/mol. The molecule has 0 atom stereocenters. The Morgan fingerprint density at radius 1 is 1.22 bits per heavy atom. The predicted octanol–water partition coefficient (Wildman–Crippen LogP) is 3.25. The average Bonchev–Trinajstić information content (AvgIpc) is 3.02. The molecule has 118 valence electrons. The van der Waals surface area contributed by atoms with Crippen LogP contribution in [0.1, 0.15) is 25.0 Å². The van der Waals surface area contributed by atoms with Crippen LogP contribution >= 0.6 is 0 Å². The second-order valence-corrected chi connectivity index (χ2v) is 5.57. The lowest BCUT2D eigenvalue weighted by Gasteiger charge is -2.11. The van der Waals surface area contributed by atoms with E-state index in [1.807, 2.05) is 6.92 Å². The molecule has 2 heterocycles. The Balaban J connectivity index is 2.50. The fourth-order valence-corrected chi connectivity index (χ4v) is 2.15. The molecule has 0 aliphatic heterocycles. The summed E-state index contributed by atoms with van der Waals surface area (Å²) in [5, 5.41) is 0. The lowest BCUT2D eigenvalue weighted by Crippen LogP contribution is -2.24. The molecule has 4 nitrogen and oxygen atoms in total. The zero-order valence-electron chi connectivity index (χ0n) is 19.5. The third-order valence-electron chi connectivity index (χ3n) is 3.38. The Morgan fingerprint density at radius 2 is 1.91 bits per heavy atom. The molecule has 3 rings (SSSR count). The summed E-state index contributed by atoms with van der Waals surface area (Å²) in [6.07, 6.45) is -0.882. The van der Waals surface area contributed by atoms with Crippen LogP contribution in [0.5, 0.6) is 0 Å². The predicted molar refractivity (Wildman–Crippen MR) is 92.5 cm³/mol. The first kappa shape index (κ1) is 9.50. The van der Waals surface area contributed by atoms with Crippen LogP contribution < -0.4 is 0 Å². The van der Waals surface area contributed by atoms with Crippen LogP contribution in [0, 0.1) is 13.8 Å². The van der Waals surface area contributed by atoms with E-state index in [4.69, 9.17) is 8.22 Å². The van der Waals surface area contributed by atoms with Gasteiger partial charge >= 0.3 is 0 Å². The van der Waals surface area contributed by atoms with Crippen LogP contribution in [0.4, 0.5) is 0 Å². The molecule has 0 aliphatic rings. The van der Waals surface area contributed by atoms with E-state index in [0.717, 1.165) is 10.5 Å². The Hall–Kier alpha value is -2.62. The number of carbonyl (C=O) groups is 1. The monoisotopic (exact) mass is 313 g/mol. The number of nitrogens with zero attached hydrogens (tertiary/aromatic N) is 3. The highest BCUT2D eigenvalue weighted by molar-refractivity contribution is 5.81. The highest BCUT2D eigenvalue weighted by Crippen LogP contribution is 2.26. The Kier molecular flexibility index (Phi) is 2.43. The van der Waals surface area contributed by atoms with Gasteiger partial charge in [-0.15, -0.1) is 0 Å². The van der Waals surface area contributed by atoms with Gasteiger partial charge in [-0.05, 0) is 25.5 Å². The number of benzene rings is 1. The third kappa shape index (κ3) is 2.97. The fourth-order valence-electron chi connectivity index (χ4n) is 2.15. The summed E-state index contributed by atoms with van der Waals surface area (Å²) < 4.78 is 51.5. The highest BCUT2D eigenvalue weighted by Gasteiger charge is 2.18. The number of carbonyl (C=O) groups excluding carboxylic acids is 1. The van der Waals surface area contributed by atoms with E-state index in [1.165, 1.54) is 25.4 Å². The molecule has 0 unspecified atom stereocenters. The van der Waals surface area contributed by atoms with Gasteiger partial charge in [0.05, 0.1) is 23.2 Å². The van der Waals surface area contributed by atoms with Gasteiger partial charge in [0.15, 0.2) is 0 Å². The number of hydrogen-bond donors (Lipinski definition) is 0. The zero-order chi connectivity index (χ0) is 21.8. The van der Waals surface area contributed by atoms with Crippen molar-refractivity contribution >= 4 is 11.6 Å². The number of fused-ring (bicyclic) bond motifs is 1. The van der Waals surface area contributed by atoms with Gasteiger partial charge in [0.25, 0.3) is 0 Å². The van der Waals surface area contributed by atoms with Crippen molar-refractivity contribution in [2.45, 2.75) is 20.2 Å². The van der Waals surface area contributed by atoms with Crippen molar-refractivity contribution in [1.82, 2.24) is 14.3 Å². The van der Waals surface area contributed by atoms with Gasteiger partial charge in [0, 0.05) is 28.6 Å². The number of pyridine rings is 1. The molecule has 4 heteroatoms. The molecular formula is C19H21N3O. The second kappa shape index (κ2) is 5.88. The first-order valence-corrected chi connectivity index (χ1v) is 7.17. The minimum Gasteiger partial charge on any atom is -0.348 e. The molecule has 1 amide bonds. The van der Waals surface area contributed by atoms with Crippen molar-refractivity contribution in [3.63, 3.8) is 0 Å². The van der Waals surface area contributed by atoms with Crippen LogP contribution in [0.3, 0.4) is 0 Å². The summed E-state index contributed by atoms with van der Waals surface area (Å²) in [6, 6.07) is 2.35. The van der Waals surface area contributed by atoms with Gasteiger partial charge in [-0.25, -0.2) is 4.98 Å². The van der Waals surface area contributed by atoms with Gasteiger partial charge < -0.3 is 9.30 Å². The van der Waals surface area contributed by atoms with Gasteiger partial charge in [-0.1, -0.05) is 35.8 Å². The van der Waals surface area contributed by atoms with Crippen LogP contribution in [-0.4, -0.2) is 34.3 Å². The third-order valence-corrected chi connectivity index (χ3v) is 3.38. The van der Waals surface area contributed by atoms with Crippen molar-refractivity contribution < 1.29 is 13.0 Å². The van der Waals surface area contributed by atoms with Crippen LogP contribution in [0.15, 0.2) is 42.5 Å². The molecule has 0 saturated carbocycles. The summed E-state index contributed by atoms with van der Waals surface area (Å²) in [7, 11) is 2.88. The number of amides is 1. The molecule has 0 N–H and O–H groups in total. The smallest absolute Gasteiger partial charge is 0.228 e. The van der Waals surface area contributed by atoms with Gasteiger partial charge in [0.1, 0.15) is 5.65 Å². The van der Waals surface area contributed by atoms with Crippen LogP contribution in [0.2, 0.25) is 0 Å². The quantitative estimate of drug-likeness (QED) is 0.744. The first-order chi connectivity index (χ1) is 13.4. The minimum atomic E-state index is -2.51. The number of aryl methyl sites for hydroxylation is 1. The minimum absolute atomic E-state index is 0.0761. The molecule has 0 aliphatic carbocycles. The summed E-state index contributed by atoms with van der Waals surface area (Å²) in [5.41, 5.74) is 1.01. The Bertz CT molecular complexity index is 1120. The molecule has 23 heavy (non-hydrogen) atoms. The van der Waals surface area contributed by atoms with E-state index in [-0.39, 0.29) is 46.7 Å². The first-order valence-electron chi connectivity index (χ1n) is 10.2. The molecule has 3 aromatic rings. The Labute approximate surface area is 144 Å². The highest BCUT2D eigenvalue weighted by atomic mass is 16.2. The number of likely N-dealkylation sites (N-methyl/N-ethyl adjacent to an activating group) is 1. The van der Waals surface area contributed by atoms with E-state index in [0.29, 0.717) is 5.65 Å². The summed E-state index contributed by atoms with van der Waals surface area (Å²) in [6.45, 7) is 3.31. The van der Waals surface area contributed by atoms with E-state index < -0.39 is 12.3 Å². The van der Waals surface area contributed by atoms with Gasteiger partial charge in [0.2, 0.25) is 5.91 Å². The molecule has 0 saturated heterocycles. The van der Waals surface area contributed by atoms with Crippen molar-refractivity contribution in [2.24, 2.45) is 0 Å². The second-order valence-electron chi connectivity index (χ2n) is 5.57. The number of hydrogen-bond acceptors (Lipinski definition) is 2. The summed E-state index contributed by atoms with van der Waals surface area (Å²) in [5.74, 6) is -0.815. The largest absolute Gasteiger partial charge is 0.348 e. The lowest BCUT2D eigenvalue weighted by molar-refractivity contribution is -0.128. The number of rotatable bonds is 3. The van der Waals surface area contributed by atoms with Gasteiger partial charge in [-0.3, -0.25) is 4.79 Å². The average molecular weight is 313 g/mol. The maximum Gasteiger partial charge on any atom is 0.228 e. The van der Waals surface area contributed by atoms with Crippen molar-refractivity contribution in [2.75, 3.05) is 14.1 Å². The van der Waals surface area contributed by atoms with E-state index >= 15 is 0 Å². The van der Waals surface area contributed by atoms with E-state index in [2.05, 4.69) is 4.98 Å². The van der Waals surface area contributed by atoms with E-state index in [9.17, 15) is 4.79 Å². The lowest BCUT2D eigenvalue weighted by atomic mass is 10.1. The SMILES string of the molecule is [2H]c1c([2H])c(-c2nc3ccc(C)cn3c2C([2H])([2H])C(=O)N(C)C)c([2H])c([2H])c1C. The maximum atomic E-state index is 12.7. The fraction of sp³-hybridized carbons (Fsp3) is 0.263. The summed E-state index contributed by atoms with van der Waals surface area (Å²) >= 11 is 0. The molecule has 0 bridgehead atoms. The van der Waals surface area contributed by atoms with Crippen molar-refractivity contribution in [1.29, 1.82) is 0 Å². The molecule has 0 fully saturated rings. The van der Waals surface area contributed by atoms with E-state index in [1.54, 1.807) is 18.3 Å². The zero-order valence-corrected chi connectivity index (χ0v) is 13.5. The van der Waals surface area contributed by atoms with Crippen LogP contribution in [-0.2, 0) is 11.2 Å². The summed E-state index contributed by atoms with van der Waals surface area (Å²) in [4.78, 5) is 18.2. The van der Waals surface area contributed by atoms with Crippen molar-refractivity contribution in [3.05, 3.63) is 59.3 Å². The van der Waals surface area contributed by atoms with Crippen molar-refractivity contribution in [3.8, 4) is 11.3 Å². The Morgan fingerprint density at radius 3 is 2.57 bits per heavy atom. The molecule has 1 aromatic carbocycles. The molecule has 0 spiro atoms. The molecule has 0 radical (unpaired) electrons. The topological polar surface area (TPSA) is 37.6 Å². The van der Waals surface area contributed by atoms with Crippen LogP contribution in [0.25, 0.3) is 16.9 Å². The number of aromatic nitrogens is 2. The molecule has 2 aromatic heterocycles. The maximum absolute atomic E-state index is 12.7. The normalized spacial score (nSPS) is 15.3. The standard InChI is InChI=1S/C19H21N3O/c1-13-5-8-15(9-6-13)19-16(11-18(23)21(3)4)22-12-14(2)7-10-17(22)20-19/h5-10,12H,11H2,1-4H3/i5D,6D,8D,9D,11D2. The van der Waals surface area contributed by atoms with Gasteiger partial charge in [-0.2, -0.15) is 0 Å².